The summed E-state index contributed by atoms with van der Waals surface area (Å²) in [6, 6.07) is 3.70. The maximum atomic E-state index is 8.86. The van der Waals surface area contributed by atoms with E-state index in [2.05, 4.69) is 20.4 Å². The van der Waals surface area contributed by atoms with Crippen LogP contribution in [0.4, 0.5) is 5.82 Å². The van der Waals surface area contributed by atoms with Crippen molar-refractivity contribution in [2.24, 2.45) is 0 Å². The number of fused-ring (bicyclic) bond motifs is 1. The van der Waals surface area contributed by atoms with Crippen LogP contribution in [-0.4, -0.2) is 45.0 Å². The summed E-state index contributed by atoms with van der Waals surface area (Å²) in [5.41, 5.74) is 2.47. The molecule has 0 unspecified atom stereocenters. The van der Waals surface area contributed by atoms with Gasteiger partial charge in [0.25, 0.3) is 0 Å². The molecule has 0 saturated heterocycles. The molecule has 0 radical (unpaired) electrons. The highest BCUT2D eigenvalue weighted by atomic mass is 16.5. The third-order valence-electron chi connectivity index (χ3n) is 3.05. The predicted octanol–water partition coefficient (Wildman–Crippen LogP) is 1.20. The van der Waals surface area contributed by atoms with E-state index >= 15 is 0 Å². The van der Waals surface area contributed by atoms with Gasteiger partial charge in [0.05, 0.1) is 26.1 Å². The number of pyridine rings is 1. The molecule has 108 valence electrons. The van der Waals surface area contributed by atoms with Crippen LogP contribution < -0.4 is 10.1 Å². The lowest BCUT2D eigenvalue weighted by atomic mass is 10.1. The molecule has 0 aromatic carbocycles. The first-order valence-electron chi connectivity index (χ1n) is 6.50. The number of hydrogen-bond acceptors (Lipinski definition) is 6. The molecule has 0 aliphatic rings. The second kappa shape index (κ2) is 5.76. The molecule has 0 aliphatic heterocycles. The smallest absolute Gasteiger partial charge is 0.165 e. The fourth-order valence-corrected chi connectivity index (χ4v) is 2.03. The van der Waals surface area contributed by atoms with Crippen LogP contribution in [0, 0.1) is 0 Å². The van der Waals surface area contributed by atoms with Gasteiger partial charge in [-0.05, 0) is 12.1 Å². The van der Waals surface area contributed by atoms with Crippen LogP contribution in [0.5, 0.6) is 5.75 Å². The average Bonchev–Trinajstić information content (AvgIpc) is 2.96. The van der Waals surface area contributed by atoms with Crippen LogP contribution in [-0.2, 0) is 0 Å². The molecule has 3 heterocycles. The minimum atomic E-state index is 0.0543. The van der Waals surface area contributed by atoms with Crippen molar-refractivity contribution in [3.05, 3.63) is 36.9 Å². The lowest BCUT2D eigenvalue weighted by Gasteiger charge is -2.05. The fourth-order valence-electron chi connectivity index (χ4n) is 2.03. The fraction of sp³-hybridized carbons (Fsp3) is 0.214. The SMILES string of the molecule is COc1cncc(-c2cnn3ccc(NCCO)nc23)c1. The van der Waals surface area contributed by atoms with Crippen LogP contribution in [0.3, 0.4) is 0 Å². The van der Waals surface area contributed by atoms with Gasteiger partial charge in [0.15, 0.2) is 5.65 Å². The molecule has 0 saturated carbocycles. The summed E-state index contributed by atoms with van der Waals surface area (Å²) >= 11 is 0. The van der Waals surface area contributed by atoms with Gasteiger partial charge in [-0.1, -0.05) is 0 Å². The first-order valence-corrected chi connectivity index (χ1v) is 6.50. The zero-order chi connectivity index (χ0) is 14.7. The van der Waals surface area contributed by atoms with Gasteiger partial charge in [0, 0.05) is 30.1 Å². The number of rotatable bonds is 5. The van der Waals surface area contributed by atoms with Crippen LogP contribution in [0.25, 0.3) is 16.8 Å². The lowest BCUT2D eigenvalue weighted by Crippen LogP contribution is -2.07. The molecule has 0 fully saturated rings. The van der Waals surface area contributed by atoms with Gasteiger partial charge in [-0.15, -0.1) is 0 Å². The number of aliphatic hydroxyl groups excluding tert-OH is 1. The Bertz CT molecular complexity index is 756. The quantitative estimate of drug-likeness (QED) is 0.733. The summed E-state index contributed by atoms with van der Waals surface area (Å²) in [5.74, 6) is 1.37. The second-order valence-electron chi connectivity index (χ2n) is 4.40. The number of ether oxygens (including phenoxy) is 1. The Morgan fingerprint density at radius 2 is 2.24 bits per heavy atom. The van der Waals surface area contributed by atoms with Crippen molar-refractivity contribution in [1.82, 2.24) is 19.6 Å². The summed E-state index contributed by atoms with van der Waals surface area (Å²) in [7, 11) is 1.60. The van der Waals surface area contributed by atoms with Crippen molar-refractivity contribution >= 4 is 11.5 Å². The molecular weight excluding hydrogens is 270 g/mol. The van der Waals surface area contributed by atoms with Crippen LogP contribution in [0.2, 0.25) is 0 Å². The first-order chi connectivity index (χ1) is 10.3. The van der Waals surface area contributed by atoms with Crippen molar-refractivity contribution in [3.8, 4) is 16.9 Å². The van der Waals surface area contributed by atoms with E-state index in [1.165, 1.54) is 0 Å². The molecule has 0 spiro atoms. The average molecular weight is 285 g/mol. The van der Waals surface area contributed by atoms with Crippen LogP contribution >= 0.6 is 0 Å². The standard InChI is InChI=1S/C14H15N5O2/c1-21-11-6-10(7-15-8-11)12-9-17-19-4-2-13(16-3-5-20)18-14(12)19/h2,4,6-9,20H,3,5H2,1H3,(H,16,18). The molecule has 3 aromatic heterocycles. The molecule has 0 bridgehead atoms. The zero-order valence-electron chi connectivity index (χ0n) is 11.5. The Kier molecular flexibility index (Phi) is 3.65. The summed E-state index contributed by atoms with van der Waals surface area (Å²) in [5, 5.41) is 16.2. The van der Waals surface area contributed by atoms with Gasteiger partial charge in [0.2, 0.25) is 0 Å². The Morgan fingerprint density at radius 1 is 1.33 bits per heavy atom. The van der Waals surface area contributed by atoms with Gasteiger partial charge in [-0.25, -0.2) is 9.50 Å². The predicted molar refractivity (Wildman–Crippen MR) is 78.3 cm³/mol. The zero-order valence-corrected chi connectivity index (χ0v) is 11.5. The third-order valence-corrected chi connectivity index (χ3v) is 3.05. The van der Waals surface area contributed by atoms with Crippen LogP contribution in [0.15, 0.2) is 36.9 Å². The molecule has 2 N–H and O–H groups in total. The van der Waals surface area contributed by atoms with Crippen molar-refractivity contribution in [1.29, 1.82) is 0 Å². The summed E-state index contributed by atoms with van der Waals surface area (Å²) in [6.07, 6.45) is 6.96. The van der Waals surface area contributed by atoms with E-state index in [0.29, 0.717) is 23.8 Å². The van der Waals surface area contributed by atoms with Gasteiger partial charge < -0.3 is 15.2 Å². The Balaban J connectivity index is 2.05. The highest BCUT2D eigenvalue weighted by Crippen LogP contribution is 2.26. The summed E-state index contributed by atoms with van der Waals surface area (Å²) in [4.78, 5) is 8.67. The molecule has 0 amide bonds. The molecular formula is C14H15N5O2. The molecule has 7 heteroatoms. The monoisotopic (exact) mass is 285 g/mol. The largest absolute Gasteiger partial charge is 0.495 e. The van der Waals surface area contributed by atoms with Gasteiger partial charge in [-0.2, -0.15) is 5.10 Å². The lowest BCUT2D eigenvalue weighted by molar-refractivity contribution is 0.311. The van der Waals surface area contributed by atoms with Gasteiger partial charge >= 0.3 is 0 Å². The van der Waals surface area contributed by atoms with E-state index in [4.69, 9.17) is 9.84 Å². The molecule has 0 aliphatic carbocycles. The Labute approximate surface area is 121 Å². The molecule has 7 nitrogen and oxygen atoms in total. The van der Waals surface area contributed by atoms with Crippen molar-refractivity contribution < 1.29 is 9.84 Å². The van der Waals surface area contributed by atoms with Crippen molar-refractivity contribution in [2.45, 2.75) is 0 Å². The molecule has 3 rings (SSSR count). The van der Waals surface area contributed by atoms with E-state index in [0.717, 1.165) is 11.1 Å². The maximum Gasteiger partial charge on any atom is 0.165 e. The van der Waals surface area contributed by atoms with E-state index in [9.17, 15) is 0 Å². The summed E-state index contributed by atoms with van der Waals surface area (Å²) in [6.45, 7) is 0.506. The Hall–Kier alpha value is -2.67. The van der Waals surface area contributed by atoms with Gasteiger partial charge in [-0.3, -0.25) is 4.98 Å². The second-order valence-corrected chi connectivity index (χ2v) is 4.40. The highest BCUT2D eigenvalue weighted by Gasteiger charge is 2.10. The minimum Gasteiger partial charge on any atom is -0.495 e. The van der Waals surface area contributed by atoms with Gasteiger partial charge in [0.1, 0.15) is 11.6 Å². The number of aliphatic hydroxyl groups is 1. The number of anilines is 1. The first kappa shape index (κ1) is 13.3. The number of methoxy groups -OCH3 is 1. The maximum absolute atomic E-state index is 8.86. The number of nitrogens with one attached hydrogen (secondary N) is 1. The van der Waals surface area contributed by atoms with E-state index in [-0.39, 0.29) is 6.61 Å². The number of aromatic nitrogens is 4. The van der Waals surface area contributed by atoms with Crippen molar-refractivity contribution in [3.63, 3.8) is 0 Å². The molecule has 21 heavy (non-hydrogen) atoms. The topological polar surface area (TPSA) is 84.6 Å². The third kappa shape index (κ3) is 2.63. The molecule has 0 atom stereocenters. The van der Waals surface area contributed by atoms with E-state index in [1.807, 2.05) is 18.3 Å². The highest BCUT2D eigenvalue weighted by molar-refractivity contribution is 5.77. The summed E-state index contributed by atoms with van der Waals surface area (Å²) < 4.78 is 6.88. The van der Waals surface area contributed by atoms with E-state index < -0.39 is 0 Å². The van der Waals surface area contributed by atoms with Crippen LogP contribution in [0.1, 0.15) is 0 Å². The number of hydrogen-bond donors (Lipinski definition) is 2. The minimum absolute atomic E-state index is 0.0543. The van der Waals surface area contributed by atoms with Crippen molar-refractivity contribution in [2.75, 3.05) is 25.6 Å². The number of nitrogens with zero attached hydrogens (tertiary/aromatic N) is 4. The Morgan fingerprint density at radius 3 is 3.05 bits per heavy atom. The van der Waals surface area contributed by atoms with E-state index in [1.54, 1.807) is 30.2 Å². The molecule has 3 aromatic rings. The normalized spacial score (nSPS) is 10.8.